The van der Waals surface area contributed by atoms with Crippen molar-refractivity contribution in [1.82, 2.24) is 30.4 Å². The monoisotopic (exact) mass is 742 g/mol. The molecule has 53 heavy (non-hydrogen) atoms. The van der Waals surface area contributed by atoms with Crippen molar-refractivity contribution in [3.8, 4) is 0 Å². The molecule has 0 bridgehead atoms. The molecule has 1 aliphatic carbocycles. The summed E-state index contributed by atoms with van der Waals surface area (Å²) in [5, 5.41) is 32.0. The van der Waals surface area contributed by atoms with Crippen molar-refractivity contribution in [2.45, 2.75) is 56.7 Å². The number of likely N-dealkylation sites (N-methyl/N-ethyl adjacent to an activating group) is 2. The van der Waals surface area contributed by atoms with Crippen LogP contribution in [0.3, 0.4) is 0 Å². The second-order valence-corrected chi connectivity index (χ2v) is 14.2. The zero-order valence-corrected chi connectivity index (χ0v) is 30.5. The number of amides is 3. The van der Waals surface area contributed by atoms with Gasteiger partial charge in [-0.05, 0) is 80.5 Å². The quantitative estimate of drug-likeness (QED) is 0.120. The predicted octanol–water partition coefficient (Wildman–Crippen LogP) is 4.24. The number of imide groups is 1. The highest BCUT2D eigenvalue weighted by Gasteiger charge is 2.32. The molecule has 3 amide bonds. The summed E-state index contributed by atoms with van der Waals surface area (Å²) < 4.78 is 7.39. The number of aromatic nitrogens is 4. The molecule has 2 aliphatic heterocycles. The highest BCUT2D eigenvalue weighted by molar-refractivity contribution is 6.32. The number of carbonyl (C=O) groups is 3. The third-order valence-electron chi connectivity index (χ3n) is 10.2. The summed E-state index contributed by atoms with van der Waals surface area (Å²) in [5.41, 5.74) is 4.99. The van der Waals surface area contributed by atoms with Gasteiger partial charge < -0.3 is 36.0 Å². The first-order chi connectivity index (χ1) is 25.6. The highest BCUT2D eigenvalue weighted by Crippen LogP contribution is 2.36. The van der Waals surface area contributed by atoms with E-state index in [-0.39, 0.29) is 30.1 Å². The zero-order valence-electron chi connectivity index (χ0n) is 29.8. The maximum absolute atomic E-state index is 12.5. The molecule has 6 N–H and O–H groups in total. The summed E-state index contributed by atoms with van der Waals surface area (Å²) in [7, 11) is 5.16. The van der Waals surface area contributed by atoms with E-state index in [4.69, 9.17) is 16.3 Å². The number of rotatable bonds is 11. The molecule has 4 heterocycles. The molecule has 15 nitrogen and oxygen atoms in total. The van der Waals surface area contributed by atoms with Gasteiger partial charge >= 0.3 is 0 Å². The molecule has 1 saturated heterocycles. The number of nitrogens with one attached hydrogen (secondary N) is 5. The number of halogens is 1. The van der Waals surface area contributed by atoms with E-state index >= 15 is 0 Å². The number of piperidine rings is 1. The Labute approximate surface area is 311 Å². The van der Waals surface area contributed by atoms with Gasteiger partial charge in [0.05, 0.1) is 23.3 Å². The lowest BCUT2D eigenvalue weighted by Crippen LogP contribution is -2.39. The number of aliphatic hydroxyl groups is 1. The second-order valence-electron chi connectivity index (χ2n) is 13.8. The lowest BCUT2D eigenvalue weighted by atomic mass is 9.86. The Morgan fingerprint density at radius 1 is 1.08 bits per heavy atom. The van der Waals surface area contributed by atoms with Gasteiger partial charge in [-0.15, -0.1) is 0 Å². The van der Waals surface area contributed by atoms with Crippen LogP contribution in [-0.4, -0.2) is 82.1 Å². The van der Waals surface area contributed by atoms with Crippen LogP contribution in [0.25, 0.3) is 17.0 Å². The molecule has 7 rings (SSSR count). The fourth-order valence-electron chi connectivity index (χ4n) is 7.20. The highest BCUT2D eigenvalue weighted by atomic mass is 35.5. The lowest BCUT2D eigenvalue weighted by Gasteiger charge is -2.32. The van der Waals surface area contributed by atoms with Crippen molar-refractivity contribution in [2.75, 3.05) is 48.1 Å². The Kier molecular flexibility index (Phi) is 10.4. The first-order valence-electron chi connectivity index (χ1n) is 17.8. The van der Waals surface area contributed by atoms with Crippen molar-refractivity contribution >= 4 is 75.1 Å². The maximum Gasteiger partial charge on any atom is 0.257 e. The van der Waals surface area contributed by atoms with Gasteiger partial charge in [0.2, 0.25) is 17.8 Å². The molecule has 2 atom stereocenters. The molecule has 4 aromatic rings. The van der Waals surface area contributed by atoms with Crippen molar-refractivity contribution in [3.63, 3.8) is 0 Å². The Hall–Kier alpha value is -5.41. The molecular formula is C37H43ClN10O5. The molecule has 0 radical (unpaired) electrons. The van der Waals surface area contributed by atoms with E-state index in [1.54, 1.807) is 28.9 Å². The predicted molar refractivity (Wildman–Crippen MR) is 203 cm³/mol. The van der Waals surface area contributed by atoms with Crippen LogP contribution in [0, 0.1) is 5.92 Å². The molecule has 1 saturated carbocycles. The molecule has 2 fully saturated rings. The molecule has 0 spiro atoms. The van der Waals surface area contributed by atoms with Gasteiger partial charge in [0.15, 0.2) is 18.7 Å². The number of hydrogen-bond acceptors (Lipinski definition) is 12. The topological polar surface area (TPSA) is 188 Å². The van der Waals surface area contributed by atoms with Crippen LogP contribution in [-0.2, 0) is 26.2 Å². The molecule has 2 aromatic heterocycles. The van der Waals surface area contributed by atoms with Crippen LogP contribution in [0.15, 0.2) is 48.4 Å². The number of nitrogens with zero attached hydrogens (tertiary/aromatic N) is 5. The number of anilines is 5. The number of benzene rings is 2. The molecular weight excluding hydrogens is 700 g/mol. The summed E-state index contributed by atoms with van der Waals surface area (Å²) in [6.45, 7) is 0.529. The van der Waals surface area contributed by atoms with Gasteiger partial charge in [-0.1, -0.05) is 11.6 Å². The van der Waals surface area contributed by atoms with Crippen LogP contribution in [0.2, 0.25) is 5.02 Å². The van der Waals surface area contributed by atoms with E-state index < -0.39 is 12.1 Å². The van der Waals surface area contributed by atoms with Crippen molar-refractivity contribution in [1.29, 1.82) is 0 Å². The Bertz CT molecular complexity index is 2080. The van der Waals surface area contributed by atoms with Crippen molar-refractivity contribution < 1.29 is 24.2 Å². The van der Waals surface area contributed by atoms with Crippen LogP contribution >= 0.6 is 11.6 Å². The van der Waals surface area contributed by atoms with Crippen LogP contribution < -0.4 is 31.5 Å². The fraction of sp³-hybridized carbons (Fsp3) is 0.405. The van der Waals surface area contributed by atoms with Crippen LogP contribution in [0.4, 0.5) is 28.8 Å². The first kappa shape index (κ1) is 36.0. The number of aryl methyl sites for hydroxylation is 1. The van der Waals surface area contributed by atoms with E-state index in [1.807, 2.05) is 37.4 Å². The van der Waals surface area contributed by atoms with Crippen LogP contribution in [0.5, 0.6) is 0 Å². The summed E-state index contributed by atoms with van der Waals surface area (Å²) in [6, 6.07) is 12.1. The van der Waals surface area contributed by atoms with Crippen LogP contribution in [0.1, 0.15) is 55.7 Å². The van der Waals surface area contributed by atoms with E-state index in [9.17, 15) is 19.5 Å². The first-order valence-corrected chi connectivity index (χ1v) is 18.1. The summed E-state index contributed by atoms with van der Waals surface area (Å²) in [6.07, 6.45) is 7.16. The normalized spacial score (nSPS) is 21.4. The van der Waals surface area contributed by atoms with E-state index in [0.717, 1.165) is 65.8 Å². The third kappa shape index (κ3) is 7.86. The third-order valence-corrected chi connectivity index (χ3v) is 10.5. The maximum atomic E-state index is 12.5. The zero-order chi connectivity index (χ0) is 37.2. The fourth-order valence-corrected chi connectivity index (χ4v) is 7.34. The smallest absolute Gasteiger partial charge is 0.257 e. The largest absolute Gasteiger partial charge is 0.483 e. The summed E-state index contributed by atoms with van der Waals surface area (Å²) >= 11 is 6.49. The van der Waals surface area contributed by atoms with Gasteiger partial charge in [0.1, 0.15) is 10.8 Å². The van der Waals surface area contributed by atoms with E-state index in [0.29, 0.717) is 47.3 Å². The molecule has 16 heteroatoms. The SMILES string of the molecule is CNC(=O)COC1=Cc2cc(Nc3nc(NCC4CCC(Nc5ccc6c(C7CCC(=O)NC7=O)nn(C)c6c5)CC4)ncc3Cl)ccc2N(C)C1O. The van der Waals surface area contributed by atoms with Gasteiger partial charge in [-0.3, -0.25) is 24.4 Å². The lowest BCUT2D eigenvalue weighted by molar-refractivity contribution is -0.134. The second kappa shape index (κ2) is 15.3. The van der Waals surface area contributed by atoms with Gasteiger partial charge in [-0.2, -0.15) is 10.1 Å². The number of ether oxygens (including phenoxy) is 1. The van der Waals surface area contributed by atoms with E-state index in [1.165, 1.54) is 7.05 Å². The summed E-state index contributed by atoms with van der Waals surface area (Å²) in [5.74, 6) is 0.422. The van der Waals surface area contributed by atoms with Crippen molar-refractivity contribution in [2.24, 2.45) is 13.0 Å². The van der Waals surface area contributed by atoms with E-state index in [2.05, 4.69) is 47.7 Å². The summed E-state index contributed by atoms with van der Waals surface area (Å²) in [4.78, 5) is 46.6. The van der Waals surface area contributed by atoms with Gasteiger partial charge in [0, 0.05) is 68.2 Å². The Balaban J connectivity index is 0.928. The minimum Gasteiger partial charge on any atom is -0.483 e. The minimum absolute atomic E-state index is 0.202. The number of carbonyl (C=O) groups excluding carboxylic acids is 3. The Morgan fingerprint density at radius 3 is 2.64 bits per heavy atom. The van der Waals surface area contributed by atoms with Gasteiger partial charge in [-0.25, -0.2) is 4.98 Å². The molecule has 2 unspecified atom stereocenters. The minimum atomic E-state index is -1.02. The average Bonchev–Trinajstić information content (AvgIpc) is 3.47. The average molecular weight is 743 g/mol. The molecule has 2 aromatic carbocycles. The van der Waals surface area contributed by atoms with Crippen molar-refractivity contribution in [3.05, 3.63) is 64.6 Å². The Morgan fingerprint density at radius 2 is 1.87 bits per heavy atom. The number of hydrogen-bond donors (Lipinski definition) is 6. The number of aliphatic hydroxyl groups excluding tert-OH is 1. The van der Waals surface area contributed by atoms with Gasteiger partial charge in [0.25, 0.3) is 5.91 Å². The molecule has 3 aliphatic rings. The standard InChI is InChI=1S/C37H43ClN10O5/c1-39-32(50)19-53-30-15-21-14-23(9-12-28(21)47(2)36(30)52)43-34-27(38)18-41-37(45-34)40-17-20-4-6-22(7-5-20)42-24-8-10-25-29(16-24)48(3)46-33(25)26-11-13-31(49)44-35(26)51/h8-10,12,14-16,18,20,22,26,36,42,52H,4-7,11,13,17,19H2,1-3H3,(H,39,50)(H,44,49,51)(H2,40,41,43,45). The number of fused-ring (bicyclic) bond motifs is 2. The molecule has 278 valence electrons.